The minimum atomic E-state index is -3.20. The maximum Gasteiger partial charge on any atom is 0.209 e. The van der Waals surface area contributed by atoms with Gasteiger partial charge >= 0.3 is 0 Å². The third-order valence-corrected chi connectivity index (χ3v) is 6.39. The number of rotatable bonds is 5. The van der Waals surface area contributed by atoms with Gasteiger partial charge in [-0.15, -0.1) is 0 Å². The van der Waals surface area contributed by atoms with Gasteiger partial charge in [-0.25, -0.2) is 18.1 Å². The van der Waals surface area contributed by atoms with Crippen LogP contribution in [0.25, 0.3) is 22.2 Å². The lowest BCUT2D eigenvalue weighted by Gasteiger charge is -2.15. The van der Waals surface area contributed by atoms with E-state index in [-0.39, 0.29) is 0 Å². The molecule has 2 heterocycles. The molecule has 5 rings (SSSR count). The Morgan fingerprint density at radius 3 is 2.47 bits per heavy atom. The van der Waals surface area contributed by atoms with E-state index in [2.05, 4.69) is 57.8 Å². The molecule has 0 bridgehead atoms. The molecule has 5 nitrogen and oxygen atoms in total. The van der Waals surface area contributed by atoms with Crippen LogP contribution in [-0.4, -0.2) is 24.2 Å². The van der Waals surface area contributed by atoms with Crippen molar-refractivity contribution in [2.45, 2.75) is 25.4 Å². The Morgan fingerprint density at radius 1 is 1.00 bits per heavy atom. The molecule has 1 aromatic heterocycles. The van der Waals surface area contributed by atoms with Crippen molar-refractivity contribution in [1.82, 2.24) is 14.3 Å². The van der Waals surface area contributed by atoms with Crippen molar-refractivity contribution < 1.29 is 8.42 Å². The Hall–Kier alpha value is -2.96. The molecule has 0 amide bonds. The van der Waals surface area contributed by atoms with E-state index in [4.69, 9.17) is 4.98 Å². The third-order valence-electron chi connectivity index (χ3n) is 5.73. The number of sulfonamides is 1. The number of aromatic nitrogens is 2. The van der Waals surface area contributed by atoms with Gasteiger partial charge in [0, 0.05) is 13.0 Å². The summed E-state index contributed by atoms with van der Waals surface area (Å²) in [5.41, 5.74) is 6.68. The number of hydrogen-bond acceptors (Lipinski definition) is 3. The lowest BCUT2D eigenvalue weighted by Crippen LogP contribution is -2.21. The lowest BCUT2D eigenvalue weighted by molar-refractivity contribution is 0.587. The topological polar surface area (TPSA) is 64.0 Å². The Bertz CT molecular complexity index is 1310. The van der Waals surface area contributed by atoms with Crippen LogP contribution in [0, 0.1) is 0 Å². The summed E-state index contributed by atoms with van der Waals surface area (Å²) in [7, 11) is -3.20. The van der Waals surface area contributed by atoms with E-state index in [0.717, 1.165) is 46.4 Å². The van der Waals surface area contributed by atoms with Gasteiger partial charge in [-0.1, -0.05) is 60.7 Å². The number of aryl methyl sites for hydroxylation is 1. The summed E-state index contributed by atoms with van der Waals surface area (Å²) < 4.78 is 27.5. The molecule has 152 valence electrons. The van der Waals surface area contributed by atoms with Gasteiger partial charge in [-0.3, -0.25) is 0 Å². The highest BCUT2D eigenvalue weighted by atomic mass is 32.2. The second-order valence-corrected chi connectivity index (χ2v) is 9.69. The predicted octanol–water partition coefficient (Wildman–Crippen LogP) is 4.29. The van der Waals surface area contributed by atoms with Crippen LogP contribution in [0.3, 0.4) is 0 Å². The minimum absolute atomic E-state index is 0.299. The molecule has 0 saturated heterocycles. The fraction of sp³-hybridized carbons (Fsp3) is 0.208. The first-order chi connectivity index (χ1) is 14.5. The average Bonchev–Trinajstić information content (AvgIpc) is 3.32. The molecule has 3 aromatic carbocycles. The molecule has 4 aromatic rings. The van der Waals surface area contributed by atoms with E-state index in [1.54, 1.807) is 0 Å². The van der Waals surface area contributed by atoms with Crippen LogP contribution in [0.4, 0.5) is 0 Å². The molecule has 1 aliphatic heterocycles. The van der Waals surface area contributed by atoms with Gasteiger partial charge < -0.3 is 4.57 Å². The van der Waals surface area contributed by atoms with Crippen molar-refractivity contribution in [2.75, 3.05) is 6.26 Å². The standard InChI is InChI=1S/C24H23N3O2S/c1-30(28,29)25-16-17-7-9-18(10-8-17)20-11-12-21-23(15-20)27-22(13-14-24(27)26-21)19-5-3-2-4-6-19/h2-12,15,22,25H,13-14,16H2,1H3. The summed E-state index contributed by atoms with van der Waals surface area (Å²) in [6, 6.07) is 25.4. The largest absolute Gasteiger partial charge is 0.320 e. The number of hydrogen-bond donors (Lipinski definition) is 1. The van der Waals surface area contributed by atoms with Crippen molar-refractivity contribution in [3.63, 3.8) is 0 Å². The van der Waals surface area contributed by atoms with E-state index < -0.39 is 10.0 Å². The van der Waals surface area contributed by atoms with Gasteiger partial charge in [-0.05, 0) is 40.8 Å². The first-order valence-corrected chi connectivity index (χ1v) is 12.0. The summed E-state index contributed by atoms with van der Waals surface area (Å²) in [6.45, 7) is 0.299. The average molecular weight is 418 g/mol. The Labute approximate surface area is 176 Å². The second-order valence-electron chi connectivity index (χ2n) is 7.86. The number of fused-ring (bicyclic) bond motifs is 3. The molecule has 1 unspecified atom stereocenters. The smallest absolute Gasteiger partial charge is 0.209 e. The number of nitrogens with one attached hydrogen (secondary N) is 1. The molecule has 1 aliphatic rings. The molecule has 0 fully saturated rings. The highest BCUT2D eigenvalue weighted by Crippen LogP contribution is 2.36. The van der Waals surface area contributed by atoms with Gasteiger partial charge in [0.2, 0.25) is 10.0 Å². The van der Waals surface area contributed by atoms with Crippen LogP contribution in [0.5, 0.6) is 0 Å². The zero-order valence-corrected chi connectivity index (χ0v) is 17.6. The quantitative estimate of drug-likeness (QED) is 0.527. The lowest BCUT2D eigenvalue weighted by atomic mass is 10.0. The fourth-order valence-electron chi connectivity index (χ4n) is 4.26. The van der Waals surface area contributed by atoms with Crippen LogP contribution in [0.2, 0.25) is 0 Å². The highest BCUT2D eigenvalue weighted by Gasteiger charge is 2.27. The molecule has 0 aliphatic carbocycles. The SMILES string of the molecule is CS(=O)(=O)NCc1ccc(-c2ccc3nc4n(c3c2)C(c2ccccc2)CC4)cc1. The van der Waals surface area contributed by atoms with Crippen molar-refractivity contribution in [3.05, 3.63) is 89.7 Å². The van der Waals surface area contributed by atoms with Crippen LogP contribution in [0.15, 0.2) is 72.8 Å². The molecule has 1 N–H and O–H groups in total. The number of nitrogens with zero attached hydrogens (tertiary/aromatic N) is 2. The molecule has 30 heavy (non-hydrogen) atoms. The van der Waals surface area contributed by atoms with E-state index in [1.807, 2.05) is 24.3 Å². The van der Waals surface area contributed by atoms with Gasteiger partial charge in [0.15, 0.2) is 0 Å². The zero-order valence-electron chi connectivity index (χ0n) is 16.7. The summed E-state index contributed by atoms with van der Waals surface area (Å²) in [4.78, 5) is 4.86. The van der Waals surface area contributed by atoms with E-state index >= 15 is 0 Å². The van der Waals surface area contributed by atoms with Gasteiger partial charge in [0.1, 0.15) is 5.82 Å². The summed E-state index contributed by atoms with van der Waals surface area (Å²) in [5.74, 6) is 1.15. The maximum absolute atomic E-state index is 11.3. The predicted molar refractivity (Wildman–Crippen MR) is 120 cm³/mol. The van der Waals surface area contributed by atoms with Crippen LogP contribution >= 0.6 is 0 Å². The van der Waals surface area contributed by atoms with Crippen LogP contribution in [0.1, 0.15) is 29.4 Å². The van der Waals surface area contributed by atoms with Gasteiger partial charge in [0.25, 0.3) is 0 Å². The van der Waals surface area contributed by atoms with Crippen molar-refractivity contribution >= 4 is 21.1 Å². The van der Waals surface area contributed by atoms with Crippen LogP contribution in [-0.2, 0) is 23.0 Å². The second kappa shape index (κ2) is 7.38. The summed E-state index contributed by atoms with van der Waals surface area (Å²) >= 11 is 0. The summed E-state index contributed by atoms with van der Waals surface area (Å²) in [5, 5.41) is 0. The number of imidazole rings is 1. The summed E-state index contributed by atoms with van der Waals surface area (Å²) in [6.07, 6.45) is 3.24. The monoisotopic (exact) mass is 417 g/mol. The fourth-order valence-corrected chi connectivity index (χ4v) is 4.69. The number of benzene rings is 3. The Kier molecular flexibility index (Phi) is 4.68. The molecule has 0 spiro atoms. The van der Waals surface area contributed by atoms with E-state index in [9.17, 15) is 8.42 Å². The maximum atomic E-state index is 11.3. The molecular formula is C24H23N3O2S. The zero-order chi connectivity index (χ0) is 20.7. The third kappa shape index (κ3) is 3.64. The normalized spacial score (nSPS) is 16.1. The minimum Gasteiger partial charge on any atom is -0.320 e. The molecule has 1 atom stereocenters. The van der Waals surface area contributed by atoms with Crippen molar-refractivity contribution in [3.8, 4) is 11.1 Å². The molecule has 0 saturated carbocycles. The van der Waals surface area contributed by atoms with Crippen molar-refractivity contribution in [1.29, 1.82) is 0 Å². The first-order valence-electron chi connectivity index (χ1n) is 10.1. The van der Waals surface area contributed by atoms with Gasteiger partial charge in [-0.2, -0.15) is 0 Å². The Balaban J connectivity index is 1.49. The first kappa shape index (κ1) is 19.0. The highest BCUT2D eigenvalue weighted by molar-refractivity contribution is 7.88. The van der Waals surface area contributed by atoms with Gasteiger partial charge in [0.05, 0.1) is 23.3 Å². The van der Waals surface area contributed by atoms with E-state index in [0.29, 0.717) is 12.6 Å². The van der Waals surface area contributed by atoms with Crippen LogP contribution < -0.4 is 4.72 Å². The molecular weight excluding hydrogens is 394 g/mol. The molecule has 6 heteroatoms. The van der Waals surface area contributed by atoms with E-state index in [1.165, 1.54) is 11.8 Å². The van der Waals surface area contributed by atoms with Crippen molar-refractivity contribution in [2.24, 2.45) is 0 Å². The molecule has 0 radical (unpaired) electrons. The Morgan fingerprint density at radius 2 is 1.73 bits per heavy atom.